The van der Waals surface area contributed by atoms with Gasteiger partial charge in [-0.1, -0.05) is 11.6 Å². The number of aromatic nitrogens is 1. The number of pyridine rings is 1. The first-order chi connectivity index (χ1) is 13.6. The number of hydrogen-bond donors (Lipinski definition) is 1. The molecule has 1 amide bonds. The summed E-state index contributed by atoms with van der Waals surface area (Å²) in [5.41, 5.74) is 2.84. The van der Waals surface area contributed by atoms with Crippen molar-refractivity contribution in [3.05, 3.63) is 68.8 Å². The highest BCUT2D eigenvalue weighted by Crippen LogP contribution is 2.34. The van der Waals surface area contributed by atoms with Crippen LogP contribution in [0.5, 0.6) is 5.75 Å². The molecule has 0 bridgehead atoms. The lowest BCUT2D eigenvalue weighted by Crippen LogP contribution is -2.28. The molecule has 28 heavy (non-hydrogen) atoms. The van der Waals surface area contributed by atoms with Crippen molar-refractivity contribution in [2.75, 3.05) is 6.61 Å². The van der Waals surface area contributed by atoms with Gasteiger partial charge < -0.3 is 14.5 Å². The summed E-state index contributed by atoms with van der Waals surface area (Å²) in [6.07, 6.45) is 6.94. The zero-order valence-corrected chi connectivity index (χ0v) is 15.9. The molecule has 4 rings (SSSR count). The molecular formula is C21H19ClN2O4. The van der Waals surface area contributed by atoms with Gasteiger partial charge in [-0.25, -0.2) is 4.79 Å². The van der Waals surface area contributed by atoms with E-state index in [2.05, 4.69) is 10.3 Å². The lowest BCUT2D eigenvalue weighted by atomic mass is 9.91. The Balaban J connectivity index is 1.49. The Morgan fingerprint density at radius 1 is 1.18 bits per heavy atom. The lowest BCUT2D eigenvalue weighted by molar-refractivity contribution is -0.123. The van der Waals surface area contributed by atoms with Gasteiger partial charge in [0.05, 0.1) is 5.02 Å². The quantitative estimate of drug-likeness (QED) is 0.666. The van der Waals surface area contributed by atoms with E-state index in [1.165, 1.54) is 0 Å². The summed E-state index contributed by atoms with van der Waals surface area (Å²) in [5.74, 6) is 0.0343. The maximum absolute atomic E-state index is 12.3. The number of ether oxygens (including phenoxy) is 1. The van der Waals surface area contributed by atoms with E-state index in [0.717, 1.165) is 47.8 Å². The van der Waals surface area contributed by atoms with Crippen molar-refractivity contribution >= 4 is 28.5 Å². The van der Waals surface area contributed by atoms with E-state index < -0.39 is 0 Å². The minimum Gasteiger partial charge on any atom is -0.482 e. The summed E-state index contributed by atoms with van der Waals surface area (Å²) in [6, 6.07) is 6.99. The minimum absolute atomic E-state index is 0.189. The Morgan fingerprint density at radius 3 is 2.71 bits per heavy atom. The third-order valence-electron chi connectivity index (χ3n) is 4.87. The van der Waals surface area contributed by atoms with E-state index in [-0.39, 0.29) is 18.1 Å². The van der Waals surface area contributed by atoms with Crippen molar-refractivity contribution in [1.82, 2.24) is 10.3 Å². The van der Waals surface area contributed by atoms with E-state index >= 15 is 0 Å². The molecule has 1 N–H and O–H groups in total. The number of nitrogens with one attached hydrogen (secondary N) is 1. The SMILES string of the molecule is O=C(COc1cc2oc(=O)c3c(c2cc1Cl)CCCC3)NCc1ccncc1. The number of aryl methyl sites for hydroxylation is 1. The van der Waals surface area contributed by atoms with Crippen LogP contribution in [0.15, 0.2) is 45.9 Å². The molecule has 0 atom stereocenters. The van der Waals surface area contributed by atoms with E-state index in [9.17, 15) is 9.59 Å². The number of amides is 1. The molecule has 3 aromatic rings. The second-order valence-electron chi connectivity index (χ2n) is 6.75. The summed E-state index contributed by atoms with van der Waals surface area (Å²) in [6.45, 7) is 0.197. The summed E-state index contributed by atoms with van der Waals surface area (Å²) in [5, 5.41) is 3.99. The topological polar surface area (TPSA) is 81.4 Å². The van der Waals surface area contributed by atoms with Gasteiger partial charge in [0, 0.05) is 36.0 Å². The van der Waals surface area contributed by atoms with Crippen LogP contribution in [0.2, 0.25) is 5.02 Å². The van der Waals surface area contributed by atoms with Crippen LogP contribution in [0.3, 0.4) is 0 Å². The smallest absolute Gasteiger partial charge is 0.339 e. The average Bonchev–Trinajstić information content (AvgIpc) is 2.72. The van der Waals surface area contributed by atoms with Crippen molar-refractivity contribution in [2.45, 2.75) is 32.2 Å². The van der Waals surface area contributed by atoms with Gasteiger partial charge in [0.15, 0.2) is 6.61 Å². The normalized spacial score (nSPS) is 13.2. The molecule has 0 radical (unpaired) electrons. The molecule has 2 aromatic heterocycles. The molecule has 1 aliphatic carbocycles. The molecule has 1 aromatic carbocycles. The van der Waals surface area contributed by atoms with Crippen molar-refractivity contribution in [1.29, 1.82) is 0 Å². The van der Waals surface area contributed by atoms with Crippen molar-refractivity contribution in [3.63, 3.8) is 0 Å². The molecular weight excluding hydrogens is 380 g/mol. The second kappa shape index (κ2) is 8.02. The molecule has 0 spiro atoms. The van der Waals surface area contributed by atoms with Crippen molar-refractivity contribution < 1.29 is 13.9 Å². The third-order valence-corrected chi connectivity index (χ3v) is 5.17. The molecule has 7 heteroatoms. The summed E-state index contributed by atoms with van der Waals surface area (Å²) in [7, 11) is 0. The molecule has 0 unspecified atom stereocenters. The Hall–Kier alpha value is -2.86. The number of carbonyl (C=O) groups is 1. The van der Waals surface area contributed by atoms with Gasteiger partial charge in [-0.15, -0.1) is 0 Å². The molecule has 0 aliphatic heterocycles. The summed E-state index contributed by atoms with van der Waals surface area (Å²) >= 11 is 6.36. The Morgan fingerprint density at radius 2 is 1.93 bits per heavy atom. The number of rotatable bonds is 5. The molecule has 144 valence electrons. The minimum atomic E-state index is -0.300. The van der Waals surface area contributed by atoms with Gasteiger partial charge in [-0.3, -0.25) is 9.78 Å². The zero-order chi connectivity index (χ0) is 19.5. The molecule has 0 fully saturated rings. The van der Waals surface area contributed by atoms with E-state index in [0.29, 0.717) is 22.9 Å². The first kappa shape index (κ1) is 18.5. The maximum Gasteiger partial charge on any atom is 0.339 e. The molecule has 0 saturated heterocycles. The first-order valence-electron chi connectivity index (χ1n) is 9.18. The van der Waals surface area contributed by atoms with Crippen LogP contribution >= 0.6 is 11.6 Å². The Labute approximate surface area is 166 Å². The Bertz CT molecular complexity index is 1080. The highest BCUT2D eigenvalue weighted by atomic mass is 35.5. The van der Waals surface area contributed by atoms with Gasteiger partial charge in [0.25, 0.3) is 5.91 Å². The van der Waals surface area contributed by atoms with Gasteiger partial charge in [0.1, 0.15) is 11.3 Å². The highest BCUT2D eigenvalue weighted by Gasteiger charge is 2.19. The third kappa shape index (κ3) is 3.87. The van der Waals surface area contributed by atoms with Crippen LogP contribution in [0.1, 0.15) is 29.5 Å². The zero-order valence-electron chi connectivity index (χ0n) is 15.2. The van der Waals surface area contributed by atoms with Crippen LogP contribution in [0.4, 0.5) is 0 Å². The number of benzene rings is 1. The fourth-order valence-electron chi connectivity index (χ4n) is 3.45. The first-order valence-corrected chi connectivity index (χ1v) is 9.56. The van der Waals surface area contributed by atoms with Crippen LogP contribution in [-0.4, -0.2) is 17.5 Å². The van der Waals surface area contributed by atoms with Crippen LogP contribution in [-0.2, 0) is 24.2 Å². The Kier molecular flexibility index (Phi) is 5.30. The van der Waals surface area contributed by atoms with Crippen LogP contribution in [0.25, 0.3) is 11.0 Å². The fraction of sp³-hybridized carbons (Fsp3) is 0.286. The van der Waals surface area contributed by atoms with Gasteiger partial charge in [0.2, 0.25) is 0 Å². The van der Waals surface area contributed by atoms with Gasteiger partial charge in [-0.05, 0) is 55.0 Å². The van der Waals surface area contributed by atoms with Gasteiger partial charge >= 0.3 is 5.63 Å². The monoisotopic (exact) mass is 398 g/mol. The predicted molar refractivity (Wildman–Crippen MR) is 106 cm³/mol. The number of hydrogen-bond acceptors (Lipinski definition) is 5. The van der Waals surface area contributed by atoms with Crippen molar-refractivity contribution in [2.24, 2.45) is 0 Å². The molecule has 0 saturated carbocycles. The predicted octanol–water partition coefficient (Wildman–Crippen LogP) is 3.42. The number of nitrogens with zero attached hydrogens (tertiary/aromatic N) is 1. The van der Waals surface area contributed by atoms with Crippen LogP contribution in [0, 0.1) is 0 Å². The largest absolute Gasteiger partial charge is 0.482 e. The maximum atomic E-state index is 12.3. The van der Waals surface area contributed by atoms with Gasteiger partial charge in [-0.2, -0.15) is 0 Å². The summed E-state index contributed by atoms with van der Waals surface area (Å²) < 4.78 is 11.0. The highest BCUT2D eigenvalue weighted by molar-refractivity contribution is 6.32. The number of halogens is 1. The van der Waals surface area contributed by atoms with E-state index in [1.807, 2.05) is 12.1 Å². The standard InChI is InChI=1S/C21H19ClN2O4/c22-17-9-16-14-3-1-2-4-15(14)21(26)28-18(16)10-19(17)27-12-20(25)24-11-13-5-7-23-8-6-13/h5-10H,1-4,11-12H2,(H,24,25). The number of carbonyl (C=O) groups excluding carboxylic acids is 1. The lowest BCUT2D eigenvalue weighted by Gasteiger charge is -2.17. The summed E-state index contributed by atoms with van der Waals surface area (Å²) in [4.78, 5) is 28.2. The second-order valence-corrected chi connectivity index (χ2v) is 7.16. The van der Waals surface area contributed by atoms with E-state index in [4.69, 9.17) is 20.8 Å². The van der Waals surface area contributed by atoms with Crippen molar-refractivity contribution in [3.8, 4) is 5.75 Å². The molecule has 1 aliphatic rings. The average molecular weight is 399 g/mol. The fourth-order valence-corrected chi connectivity index (χ4v) is 3.67. The molecule has 2 heterocycles. The molecule has 6 nitrogen and oxygen atoms in total. The number of fused-ring (bicyclic) bond motifs is 3. The van der Waals surface area contributed by atoms with Crippen LogP contribution < -0.4 is 15.7 Å². The van der Waals surface area contributed by atoms with E-state index in [1.54, 1.807) is 24.5 Å².